The largest absolute Gasteiger partial charge is 0.470 e. The van der Waals surface area contributed by atoms with Gasteiger partial charge in [-0.05, 0) is 23.3 Å². The molecule has 0 spiro atoms. The second-order valence-electron chi connectivity index (χ2n) is 4.17. The number of carbonyl (C=O) groups is 1. The molecule has 0 bridgehead atoms. The van der Waals surface area contributed by atoms with E-state index in [0.29, 0.717) is 28.9 Å². The highest BCUT2D eigenvalue weighted by atomic mass is 16.6. The molecule has 0 N–H and O–H groups in total. The summed E-state index contributed by atoms with van der Waals surface area (Å²) in [5.41, 5.74) is 1.68. The standard InChI is InChI=1S/C12H13N3O3/c1-3-11-15(4-2)12(16)7-5-8-9(14-18-13-8)6-10(7)17-11/h5-6,11H,3-4H2,1-2H3. The van der Waals surface area contributed by atoms with Crippen molar-refractivity contribution in [2.45, 2.75) is 26.5 Å². The molecule has 18 heavy (non-hydrogen) atoms. The summed E-state index contributed by atoms with van der Waals surface area (Å²) < 4.78 is 10.5. The first kappa shape index (κ1) is 11.0. The minimum atomic E-state index is -0.215. The van der Waals surface area contributed by atoms with Crippen LogP contribution in [0.15, 0.2) is 16.8 Å². The average molecular weight is 247 g/mol. The molecule has 0 saturated carbocycles. The van der Waals surface area contributed by atoms with E-state index >= 15 is 0 Å². The van der Waals surface area contributed by atoms with Gasteiger partial charge in [-0.2, -0.15) is 0 Å². The van der Waals surface area contributed by atoms with Crippen molar-refractivity contribution in [2.75, 3.05) is 6.54 Å². The molecule has 94 valence electrons. The number of carbonyl (C=O) groups excluding carboxylic acids is 1. The van der Waals surface area contributed by atoms with Crippen LogP contribution in [0.2, 0.25) is 0 Å². The van der Waals surface area contributed by atoms with Crippen LogP contribution in [0.4, 0.5) is 0 Å². The number of ether oxygens (including phenoxy) is 1. The normalized spacial score (nSPS) is 18.9. The molecule has 1 atom stereocenters. The molecule has 0 saturated heterocycles. The Morgan fingerprint density at radius 3 is 2.67 bits per heavy atom. The highest BCUT2D eigenvalue weighted by Gasteiger charge is 2.32. The molecule has 1 unspecified atom stereocenters. The zero-order valence-corrected chi connectivity index (χ0v) is 10.2. The van der Waals surface area contributed by atoms with Gasteiger partial charge < -0.3 is 9.64 Å². The molecule has 6 heteroatoms. The van der Waals surface area contributed by atoms with Gasteiger partial charge in [0.1, 0.15) is 16.8 Å². The van der Waals surface area contributed by atoms with Crippen LogP contribution < -0.4 is 4.74 Å². The van der Waals surface area contributed by atoms with E-state index in [9.17, 15) is 4.79 Å². The maximum Gasteiger partial charge on any atom is 0.260 e. The van der Waals surface area contributed by atoms with Crippen molar-refractivity contribution in [1.29, 1.82) is 0 Å². The number of benzene rings is 1. The Bertz CT molecular complexity index is 608. The Morgan fingerprint density at radius 1 is 1.28 bits per heavy atom. The number of hydrogen-bond acceptors (Lipinski definition) is 5. The summed E-state index contributed by atoms with van der Waals surface area (Å²) in [7, 11) is 0. The van der Waals surface area contributed by atoms with E-state index in [0.717, 1.165) is 6.42 Å². The average Bonchev–Trinajstić information content (AvgIpc) is 2.83. The Morgan fingerprint density at radius 2 is 2.00 bits per heavy atom. The lowest BCUT2D eigenvalue weighted by Gasteiger charge is -2.35. The predicted octanol–water partition coefficient (Wildman–Crippen LogP) is 1.81. The number of rotatable bonds is 2. The Kier molecular flexibility index (Phi) is 2.43. The molecule has 0 fully saturated rings. The maximum absolute atomic E-state index is 12.3. The van der Waals surface area contributed by atoms with Crippen LogP contribution in [0.1, 0.15) is 30.6 Å². The van der Waals surface area contributed by atoms with Crippen molar-refractivity contribution in [2.24, 2.45) is 0 Å². The van der Waals surface area contributed by atoms with Crippen LogP contribution in [0.25, 0.3) is 11.0 Å². The van der Waals surface area contributed by atoms with E-state index in [-0.39, 0.29) is 12.1 Å². The lowest BCUT2D eigenvalue weighted by molar-refractivity contribution is 0.0107. The molecule has 2 heterocycles. The highest BCUT2D eigenvalue weighted by Crippen LogP contribution is 2.31. The fourth-order valence-electron chi connectivity index (χ4n) is 2.22. The third kappa shape index (κ3) is 1.45. The first-order chi connectivity index (χ1) is 8.74. The molecule has 1 aliphatic heterocycles. The smallest absolute Gasteiger partial charge is 0.260 e. The van der Waals surface area contributed by atoms with Crippen LogP contribution in [0.3, 0.4) is 0 Å². The van der Waals surface area contributed by atoms with Gasteiger partial charge in [-0.25, -0.2) is 4.63 Å². The summed E-state index contributed by atoms with van der Waals surface area (Å²) in [4.78, 5) is 14.1. The molecule has 6 nitrogen and oxygen atoms in total. The van der Waals surface area contributed by atoms with Crippen molar-refractivity contribution >= 4 is 16.9 Å². The Hall–Kier alpha value is -2.11. The molecular weight excluding hydrogens is 234 g/mol. The number of aromatic nitrogens is 2. The molecule has 0 aliphatic carbocycles. The quantitative estimate of drug-likeness (QED) is 0.809. The van der Waals surface area contributed by atoms with Crippen LogP contribution in [-0.2, 0) is 0 Å². The summed E-state index contributed by atoms with van der Waals surface area (Å²) in [6.07, 6.45) is 0.529. The van der Waals surface area contributed by atoms with Gasteiger partial charge in [-0.15, -0.1) is 0 Å². The predicted molar refractivity (Wildman–Crippen MR) is 63.2 cm³/mol. The number of nitrogens with zero attached hydrogens (tertiary/aromatic N) is 3. The molecule has 2 aromatic rings. The van der Waals surface area contributed by atoms with Crippen molar-refractivity contribution in [3.8, 4) is 5.75 Å². The lowest BCUT2D eigenvalue weighted by Crippen LogP contribution is -2.46. The van der Waals surface area contributed by atoms with Gasteiger partial charge in [0, 0.05) is 19.0 Å². The summed E-state index contributed by atoms with van der Waals surface area (Å²) in [6.45, 7) is 4.54. The molecule has 3 rings (SSSR count). The topological polar surface area (TPSA) is 68.5 Å². The van der Waals surface area contributed by atoms with Gasteiger partial charge in [0.05, 0.1) is 5.56 Å². The third-order valence-corrected chi connectivity index (χ3v) is 3.15. The summed E-state index contributed by atoms with van der Waals surface area (Å²) in [5, 5.41) is 7.49. The van der Waals surface area contributed by atoms with E-state index in [1.165, 1.54) is 0 Å². The fraction of sp³-hybridized carbons (Fsp3) is 0.417. The van der Waals surface area contributed by atoms with Gasteiger partial charge in [0.25, 0.3) is 5.91 Å². The van der Waals surface area contributed by atoms with Gasteiger partial charge >= 0.3 is 0 Å². The first-order valence-corrected chi connectivity index (χ1v) is 5.98. The van der Waals surface area contributed by atoms with Gasteiger partial charge in [-0.3, -0.25) is 4.79 Å². The number of hydrogen-bond donors (Lipinski definition) is 0. The van der Waals surface area contributed by atoms with Crippen LogP contribution in [0.5, 0.6) is 5.75 Å². The number of fused-ring (bicyclic) bond motifs is 2. The van der Waals surface area contributed by atoms with Crippen LogP contribution >= 0.6 is 0 Å². The van der Waals surface area contributed by atoms with Gasteiger partial charge in [0.15, 0.2) is 6.23 Å². The Balaban J connectivity index is 2.14. The van der Waals surface area contributed by atoms with E-state index in [4.69, 9.17) is 4.74 Å². The molecule has 1 aromatic heterocycles. The van der Waals surface area contributed by atoms with Crippen molar-refractivity contribution in [3.63, 3.8) is 0 Å². The van der Waals surface area contributed by atoms with Gasteiger partial charge in [-0.1, -0.05) is 6.92 Å². The van der Waals surface area contributed by atoms with Gasteiger partial charge in [0.2, 0.25) is 0 Å². The second-order valence-corrected chi connectivity index (χ2v) is 4.17. The molecular formula is C12H13N3O3. The minimum Gasteiger partial charge on any atom is -0.470 e. The van der Waals surface area contributed by atoms with Crippen molar-refractivity contribution < 1.29 is 14.2 Å². The van der Waals surface area contributed by atoms with E-state index in [2.05, 4.69) is 14.9 Å². The highest BCUT2D eigenvalue weighted by molar-refractivity contribution is 6.01. The number of amides is 1. The SMILES string of the molecule is CCC1Oc2cc3nonc3cc2C(=O)N1CC. The zero-order chi connectivity index (χ0) is 12.7. The van der Waals surface area contributed by atoms with E-state index < -0.39 is 0 Å². The Labute approximate surface area is 103 Å². The zero-order valence-electron chi connectivity index (χ0n) is 10.2. The summed E-state index contributed by atoms with van der Waals surface area (Å²) >= 11 is 0. The monoisotopic (exact) mass is 247 g/mol. The first-order valence-electron chi connectivity index (χ1n) is 5.98. The van der Waals surface area contributed by atoms with Crippen molar-refractivity contribution in [3.05, 3.63) is 17.7 Å². The van der Waals surface area contributed by atoms with E-state index in [1.54, 1.807) is 17.0 Å². The fourth-order valence-corrected chi connectivity index (χ4v) is 2.22. The second kappa shape index (κ2) is 3.97. The molecule has 1 aliphatic rings. The van der Waals surface area contributed by atoms with E-state index in [1.807, 2.05) is 13.8 Å². The lowest BCUT2D eigenvalue weighted by atomic mass is 10.1. The van der Waals surface area contributed by atoms with Crippen LogP contribution in [0, 0.1) is 0 Å². The molecule has 1 amide bonds. The summed E-state index contributed by atoms with van der Waals surface area (Å²) in [6, 6.07) is 3.37. The minimum absolute atomic E-state index is 0.0319. The maximum atomic E-state index is 12.3. The van der Waals surface area contributed by atoms with Crippen LogP contribution in [-0.4, -0.2) is 33.9 Å². The molecule has 0 radical (unpaired) electrons. The third-order valence-electron chi connectivity index (χ3n) is 3.15. The molecule has 1 aromatic carbocycles. The summed E-state index contributed by atoms with van der Waals surface area (Å²) in [5.74, 6) is 0.523. The van der Waals surface area contributed by atoms with Crippen molar-refractivity contribution in [1.82, 2.24) is 15.2 Å².